The molecule has 0 saturated heterocycles. The Morgan fingerprint density at radius 1 is 0.964 bits per heavy atom. The van der Waals surface area contributed by atoms with Crippen LogP contribution < -0.4 is 11.2 Å². The summed E-state index contributed by atoms with van der Waals surface area (Å²) in [5, 5.41) is 13.9. The number of carbonyl (C=O) groups is 1. The number of carboxylic acid groups (broad SMARTS) is 1. The highest BCUT2D eigenvalue weighted by molar-refractivity contribution is 7.80. The number of nitrogens with zero attached hydrogens (tertiary/aromatic N) is 1. The first-order valence-corrected chi connectivity index (χ1v) is 9.13. The van der Waals surface area contributed by atoms with Gasteiger partial charge >= 0.3 is 5.97 Å². The number of nitrogens with two attached hydrogens (primary N) is 1. The van der Waals surface area contributed by atoms with Crippen LogP contribution in [-0.4, -0.2) is 21.9 Å². The number of fused-ring (bicyclic) bond motifs is 3. The largest absolute Gasteiger partial charge is 0.478 e. The lowest BCUT2D eigenvalue weighted by molar-refractivity contribution is 0.0696. The molecule has 5 nitrogen and oxygen atoms in total. The van der Waals surface area contributed by atoms with Gasteiger partial charge in [-0.05, 0) is 53.0 Å². The van der Waals surface area contributed by atoms with Crippen molar-refractivity contribution in [2.24, 2.45) is 10.8 Å². The smallest absolute Gasteiger partial charge is 0.336 e. The average Bonchev–Trinajstić information content (AvgIpc) is 3.06. The van der Waals surface area contributed by atoms with Crippen LogP contribution in [0.4, 0.5) is 0 Å². The fourth-order valence-corrected chi connectivity index (χ4v) is 3.61. The lowest BCUT2D eigenvalue weighted by atomic mass is 9.95. The second-order valence-electron chi connectivity index (χ2n) is 6.49. The van der Waals surface area contributed by atoms with Crippen molar-refractivity contribution in [2.75, 3.05) is 0 Å². The molecule has 3 aromatic carbocycles. The van der Waals surface area contributed by atoms with Gasteiger partial charge in [-0.1, -0.05) is 54.6 Å². The van der Waals surface area contributed by atoms with Gasteiger partial charge in [0.05, 0.1) is 11.3 Å². The van der Waals surface area contributed by atoms with E-state index in [2.05, 4.69) is 28.7 Å². The van der Waals surface area contributed by atoms with Crippen LogP contribution in [0.3, 0.4) is 0 Å². The molecule has 0 bridgehead atoms. The molecule has 4 N–H and O–H groups in total. The molecule has 138 valence electrons. The first-order valence-electron chi connectivity index (χ1n) is 8.72. The molecule has 0 atom stereocenters. The van der Waals surface area contributed by atoms with Crippen LogP contribution in [0.15, 0.2) is 71.8 Å². The Bertz CT molecular complexity index is 1140. The summed E-state index contributed by atoms with van der Waals surface area (Å²) in [6, 6.07) is 21.1. The highest BCUT2D eigenvalue weighted by Gasteiger charge is 2.21. The van der Waals surface area contributed by atoms with Crippen molar-refractivity contribution in [3.8, 4) is 11.1 Å². The van der Waals surface area contributed by atoms with Crippen LogP contribution in [-0.2, 0) is 6.42 Å². The summed E-state index contributed by atoms with van der Waals surface area (Å²) >= 11 is 4.87. The molecule has 0 unspecified atom stereocenters. The van der Waals surface area contributed by atoms with Crippen LogP contribution in [0.5, 0.6) is 0 Å². The van der Waals surface area contributed by atoms with Gasteiger partial charge in [0.25, 0.3) is 0 Å². The van der Waals surface area contributed by atoms with Crippen molar-refractivity contribution in [3.05, 3.63) is 94.5 Å². The Labute approximate surface area is 167 Å². The number of benzene rings is 3. The Kier molecular flexibility index (Phi) is 4.63. The summed E-state index contributed by atoms with van der Waals surface area (Å²) in [5.74, 6) is -1.02. The molecule has 0 aromatic heterocycles. The maximum Gasteiger partial charge on any atom is 0.336 e. The lowest BCUT2D eigenvalue weighted by Crippen LogP contribution is -2.26. The van der Waals surface area contributed by atoms with Gasteiger partial charge in [0.2, 0.25) is 0 Å². The van der Waals surface area contributed by atoms with Crippen molar-refractivity contribution < 1.29 is 9.90 Å². The third-order valence-electron chi connectivity index (χ3n) is 4.76. The van der Waals surface area contributed by atoms with E-state index < -0.39 is 5.97 Å². The van der Waals surface area contributed by atoms with Crippen molar-refractivity contribution in [2.45, 2.75) is 6.42 Å². The fourth-order valence-electron chi connectivity index (χ4n) is 3.56. The van der Waals surface area contributed by atoms with E-state index in [0.717, 1.165) is 12.0 Å². The number of hydrazone groups is 1. The lowest BCUT2D eigenvalue weighted by Gasteiger charge is -2.12. The number of rotatable bonds is 4. The van der Waals surface area contributed by atoms with Gasteiger partial charge in [0.15, 0.2) is 5.11 Å². The second kappa shape index (κ2) is 7.25. The number of nitrogens with one attached hydrogen (secondary N) is 1. The van der Waals surface area contributed by atoms with Gasteiger partial charge < -0.3 is 10.8 Å². The van der Waals surface area contributed by atoms with Crippen LogP contribution in [0.25, 0.3) is 11.1 Å². The number of carboxylic acids is 1. The van der Waals surface area contributed by atoms with E-state index in [-0.39, 0.29) is 10.7 Å². The van der Waals surface area contributed by atoms with Crippen molar-refractivity contribution in [1.29, 1.82) is 0 Å². The molecule has 3 aromatic rings. The quantitative estimate of drug-likeness (QED) is 0.283. The molecule has 1 aliphatic rings. The van der Waals surface area contributed by atoms with E-state index in [0.29, 0.717) is 11.3 Å². The minimum absolute atomic E-state index is 0.0128. The minimum Gasteiger partial charge on any atom is -0.478 e. The van der Waals surface area contributed by atoms with Crippen LogP contribution in [0.1, 0.15) is 32.6 Å². The SMILES string of the molecule is NC(=S)NN=C(c1ccc2c(c1)Cc1ccccc1-2)c1ccccc1C(=O)O. The fraction of sp³-hybridized carbons (Fsp3) is 0.0455. The topological polar surface area (TPSA) is 87.7 Å². The summed E-state index contributed by atoms with van der Waals surface area (Å²) in [6.07, 6.45) is 0.829. The summed E-state index contributed by atoms with van der Waals surface area (Å²) in [6.45, 7) is 0. The molecule has 6 heteroatoms. The van der Waals surface area contributed by atoms with Crippen LogP contribution in [0.2, 0.25) is 0 Å². The van der Waals surface area contributed by atoms with E-state index in [1.54, 1.807) is 24.3 Å². The molecule has 0 heterocycles. The monoisotopic (exact) mass is 387 g/mol. The number of aromatic carboxylic acids is 1. The zero-order chi connectivity index (χ0) is 19.7. The number of thiocarbonyl (C=S) groups is 1. The number of hydrogen-bond donors (Lipinski definition) is 3. The zero-order valence-electron chi connectivity index (χ0n) is 14.8. The highest BCUT2D eigenvalue weighted by Crippen LogP contribution is 2.37. The Balaban J connectivity index is 1.84. The predicted molar refractivity (Wildman–Crippen MR) is 114 cm³/mol. The maximum atomic E-state index is 11.7. The van der Waals surface area contributed by atoms with Crippen LogP contribution >= 0.6 is 12.2 Å². The second-order valence-corrected chi connectivity index (χ2v) is 6.93. The molecule has 4 rings (SSSR count). The van der Waals surface area contributed by atoms with Crippen molar-refractivity contribution in [3.63, 3.8) is 0 Å². The first kappa shape index (κ1) is 17.9. The molecule has 0 spiro atoms. The highest BCUT2D eigenvalue weighted by atomic mass is 32.1. The zero-order valence-corrected chi connectivity index (χ0v) is 15.7. The Hall–Kier alpha value is -3.51. The van der Waals surface area contributed by atoms with Gasteiger partial charge in [-0.2, -0.15) is 5.10 Å². The van der Waals surface area contributed by atoms with Gasteiger partial charge in [0, 0.05) is 11.1 Å². The molecular weight excluding hydrogens is 370 g/mol. The summed E-state index contributed by atoms with van der Waals surface area (Å²) in [7, 11) is 0. The average molecular weight is 387 g/mol. The summed E-state index contributed by atoms with van der Waals surface area (Å²) in [4.78, 5) is 11.7. The van der Waals surface area contributed by atoms with Crippen molar-refractivity contribution >= 4 is 29.0 Å². The minimum atomic E-state index is -1.02. The van der Waals surface area contributed by atoms with E-state index in [1.807, 2.05) is 24.3 Å². The molecule has 1 aliphatic carbocycles. The van der Waals surface area contributed by atoms with Gasteiger partial charge in [0.1, 0.15) is 0 Å². The Morgan fingerprint density at radius 3 is 2.39 bits per heavy atom. The molecule has 28 heavy (non-hydrogen) atoms. The molecular formula is C22H17N3O2S. The molecule has 0 aliphatic heterocycles. The first-order chi connectivity index (χ1) is 13.5. The molecule has 0 fully saturated rings. The summed E-state index contributed by atoms with van der Waals surface area (Å²) in [5.41, 5.74) is 14.9. The van der Waals surface area contributed by atoms with E-state index >= 15 is 0 Å². The normalized spacial score (nSPS) is 12.2. The van der Waals surface area contributed by atoms with Gasteiger partial charge in [-0.15, -0.1) is 0 Å². The van der Waals surface area contributed by atoms with E-state index in [1.165, 1.54) is 22.3 Å². The third-order valence-corrected chi connectivity index (χ3v) is 4.85. The summed E-state index contributed by atoms with van der Waals surface area (Å²) < 4.78 is 0. The number of hydrogen-bond acceptors (Lipinski definition) is 3. The standard InChI is InChI=1S/C22H17N3O2S/c23-22(28)25-24-20(18-7-3-4-8-19(18)21(26)27)14-9-10-17-15(12-14)11-13-5-1-2-6-16(13)17/h1-10,12H,11H2,(H,26,27)(H3,23,25,28). The Morgan fingerprint density at radius 2 is 1.64 bits per heavy atom. The van der Waals surface area contributed by atoms with Crippen LogP contribution in [0, 0.1) is 0 Å². The molecule has 0 saturated carbocycles. The van der Waals surface area contributed by atoms with E-state index in [9.17, 15) is 9.90 Å². The predicted octanol–water partition coefficient (Wildman–Crippen LogP) is 3.54. The third kappa shape index (κ3) is 3.25. The molecule has 0 radical (unpaired) electrons. The van der Waals surface area contributed by atoms with Gasteiger partial charge in [-0.25, -0.2) is 4.79 Å². The van der Waals surface area contributed by atoms with Crippen molar-refractivity contribution in [1.82, 2.24) is 5.43 Å². The maximum absolute atomic E-state index is 11.7. The van der Waals surface area contributed by atoms with Gasteiger partial charge in [-0.3, -0.25) is 5.43 Å². The molecule has 0 amide bonds. The van der Waals surface area contributed by atoms with E-state index in [4.69, 9.17) is 18.0 Å².